The van der Waals surface area contributed by atoms with E-state index in [1.165, 1.54) is 25.7 Å². The van der Waals surface area contributed by atoms with Crippen LogP contribution in [0.2, 0.25) is 0 Å². The normalized spacial score (nSPS) is 28.9. The molecule has 0 amide bonds. The van der Waals surface area contributed by atoms with Gasteiger partial charge in [0.15, 0.2) is 5.82 Å². The fourth-order valence-electron chi connectivity index (χ4n) is 3.71. The van der Waals surface area contributed by atoms with Crippen LogP contribution in [0.1, 0.15) is 37.4 Å². The Kier molecular flexibility index (Phi) is 2.37. The van der Waals surface area contributed by atoms with Crippen LogP contribution in [0.5, 0.6) is 5.75 Å². The van der Waals surface area contributed by atoms with Crippen molar-refractivity contribution < 1.29 is 9.63 Å². The molecule has 2 aliphatic carbocycles. The first kappa shape index (κ1) is 11.0. The second-order valence-corrected chi connectivity index (χ2v) is 5.76. The summed E-state index contributed by atoms with van der Waals surface area (Å²) in [6, 6.07) is 7.08. The Bertz CT molecular complexity index is 608. The van der Waals surface area contributed by atoms with Gasteiger partial charge in [-0.15, -0.1) is 0 Å². The number of rotatable bonds is 2. The third kappa shape index (κ3) is 1.74. The zero-order chi connectivity index (χ0) is 12.8. The van der Waals surface area contributed by atoms with Gasteiger partial charge in [0.25, 0.3) is 5.89 Å². The van der Waals surface area contributed by atoms with Crippen LogP contribution in [0.25, 0.3) is 11.5 Å². The lowest BCUT2D eigenvalue weighted by molar-refractivity contribution is 0.371. The molecule has 2 aromatic rings. The number of nitrogens with zero attached hydrogens (tertiary/aromatic N) is 2. The quantitative estimate of drug-likeness (QED) is 0.895. The molecule has 4 nitrogen and oxygen atoms in total. The maximum absolute atomic E-state index is 9.82. The van der Waals surface area contributed by atoms with Crippen LogP contribution in [-0.2, 0) is 0 Å². The average molecular weight is 256 g/mol. The molecule has 4 rings (SSSR count). The first-order chi connectivity index (χ1) is 9.31. The fraction of sp³-hybridized carbons (Fsp3) is 0.467. The Labute approximate surface area is 111 Å². The predicted molar refractivity (Wildman–Crippen MR) is 69.6 cm³/mol. The number of hydrogen-bond acceptors (Lipinski definition) is 4. The number of fused-ring (bicyclic) bond motifs is 2. The highest BCUT2D eigenvalue weighted by Gasteiger charge is 2.42. The van der Waals surface area contributed by atoms with E-state index in [1.54, 1.807) is 18.2 Å². The third-order valence-corrected chi connectivity index (χ3v) is 4.65. The van der Waals surface area contributed by atoms with Crippen LogP contribution in [-0.4, -0.2) is 15.2 Å². The summed E-state index contributed by atoms with van der Waals surface area (Å²) in [6.45, 7) is 0. The molecule has 2 saturated carbocycles. The highest BCUT2D eigenvalue weighted by Crippen LogP contribution is 2.52. The first-order valence-electron chi connectivity index (χ1n) is 6.93. The summed E-state index contributed by atoms with van der Waals surface area (Å²) < 4.78 is 5.33. The lowest BCUT2D eigenvalue weighted by Gasteiger charge is -2.17. The van der Waals surface area contributed by atoms with Crippen molar-refractivity contribution in [2.45, 2.75) is 31.6 Å². The monoisotopic (exact) mass is 256 g/mol. The highest BCUT2D eigenvalue weighted by atomic mass is 16.5. The standard InChI is InChI=1S/C15H16N2O2/c18-13-4-2-1-3-11(13)15-16-14(17-19-15)12-8-9-5-6-10(12)7-9/h1-4,9-10,12,18H,5-8H2. The van der Waals surface area contributed by atoms with Crippen molar-refractivity contribution in [3.05, 3.63) is 30.1 Å². The van der Waals surface area contributed by atoms with Crippen molar-refractivity contribution in [3.8, 4) is 17.2 Å². The lowest BCUT2D eigenvalue weighted by Crippen LogP contribution is -2.09. The Morgan fingerprint density at radius 2 is 2.05 bits per heavy atom. The third-order valence-electron chi connectivity index (χ3n) is 4.65. The molecule has 98 valence electrons. The summed E-state index contributed by atoms with van der Waals surface area (Å²) >= 11 is 0. The van der Waals surface area contributed by atoms with E-state index in [2.05, 4.69) is 10.1 Å². The van der Waals surface area contributed by atoms with Gasteiger partial charge in [0.2, 0.25) is 0 Å². The molecule has 0 spiro atoms. The Morgan fingerprint density at radius 3 is 2.79 bits per heavy atom. The zero-order valence-electron chi connectivity index (χ0n) is 10.6. The van der Waals surface area contributed by atoms with Gasteiger partial charge in [0, 0.05) is 5.92 Å². The maximum Gasteiger partial charge on any atom is 0.261 e. The van der Waals surface area contributed by atoms with E-state index >= 15 is 0 Å². The van der Waals surface area contributed by atoms with Crippen molar-refractivity contribution in [3.63, 3.8) is 0 Å². The van der Waals surface area contributed by atoms with Crippen molar-refractivity contribution in [1.82, 2.24) is 10.1 Å². The van der Waals surface area contributed by atoms with Gasteiger partial charge < -0.3 is 9.63 Å². The van der Waals surface area contributed by atoms with E-state index < -0.39 is 0 Å². The summed E-state index contributed by atoms with van der Waals surface area (Å²) in [6.07, 6.45) is 5.19. The smallest absolute Gasteiger partial charge is 0.261 e. The molecular formula is C15H16N2O2. The van der Waals surface area contributed by atoms with Gasteiger partial charge in [0.1, 0.15) is 5.75 Å². The van der Waals surface area contributed by atoms with Crippen molar-refractivity contribution in [2.75, 3.05) is 0 Å². The second kappa shape index (κ2) is 4.08. The van der Waals surface area contributed by atoms with Crippen LogP contribution < -0.4 is 0 Å². The molecule has 1 aromatic heterocycles. The number of para-hydroxylation sites is 1. The molecular weight excluding hydrogens is 240 g/mol. The van der Waals surface area contributed by atoms with Crippen molar-refractivity contribution >= 4 is 0 Å². The van der Waals surface area contributed by atoms with Gasteiger partial charge in [0.05, 0.1) is 5.56 Å². The summed E-state index contributed by atoms with van der Waals surface area (Å²) in [5.41, 5.74) is 0.615. The highest BCUT2D eigenvalue weighted by molar-refractivity contribution is 5.61. The molecule has 1 aromatic carbocycles. The predicted octanol–water partition coefficient (Wildman–Crippen LogP) is 3.35. The number of aromatic hydroxyl groups is 1. The molecule has 2 fully saturated rings. The number of aromatic nitrogens is 2. The van der Waals surface area contributed by atoms with Gasteiger partial charge >= 0.3 is 0 Å². The Balaban J connectivity index is 1.65. The summed E-state index contributed by atoms with van der Waals surface area (Å²) in [7, 11) is 0. The van der Waals surface area contributed by atoms with E-state index in [0.717, 1.165) is 17.7 Å². The zero-order valence-corrected chi connectivity index (χ0v) is 10.6. The lowest BCUT2D eigenvalue weighted by atomic mass is 9.88. The van der Waals surface area contributed by atoms with Gasteiger partial charge in [-0.2, -0.15) is 4.98 Å². The fourth-order valence-corrected chi connectivity index (χ4v) is 3.71. The van der Waals surface area contributed by atoms with Crippen LogP contribution in [0.3, 0.4) is 0 Å². The number of phenols is 1. The average Bonchev–Trinajstić information content (AvgIpc) is 3.15. The molecule has 2 bridgehead atoms. The van der Waals surface area contributed by atoms with Gasteiger partial charge in [-0.1, -0.05) is 23.7 Å². The van der Waals surface area contributed by atoms with Gasteiger partial charge in [-0.25, -0.2) is 0 Å². The van der Waals surface area contributed by atoms with Crippen molar-refractivity contribution in [1.29, 1.82) is 0 Å². The minimum atomic E-state index is 0.186. The molecule has 0 saturated heterocycles. The Morgan fingerprint density at radius 1 is 1.16 bits per heavy atom. The number of hydrogen-bond donors (Lipinski definition) is 1. The van der Waals surface area contributed by atoms with E-state index in [4.69, 9.17) is 4.52 Å². The van der Waals surface area contributed by atoms with Crippen LogP contribution >= 0.6 is 0 Å². The minimum absolute atomic E-state index is 0.186. The van der Waals surface area contributed by atoms with Crippen LogP contribution in [0.15, 0.2) is 28.8 Å². The number of phenolic OH excluding ortho intramolecular Hbond substituents is 1. The number of benzene rings is 1. The summed E-state index contributed by atoms with van der Waals surface area (Å²) in [5.74, 6) is 3.50. The topological polar surface area (TPSA) is 59.2 Å². The molecule has 3 unspecified atom stereocenters. The van der Waals surface area contributed by atoms with E-state index in [9.17, 15) is 5.11 Å². The molecule has 2 aliphatic rings. The summed E-state index contributed by atoms with van der Waals surface area (Å²) in [4.78, 5) is 4.50. The summed E-state index contributed by atoms with van der Waals surface area (Å²) in [5, 5.41) is 14.0. The van der Waals surface area contributed by atoms with E-state index in [0.29, 0.717) is 17.4 Å². The largest absolute Gasteiger partial charge is 0.507 e. The molecule has 3 atom stereocenters. The molecule has 0 radical (unpaired) electrons. The van der Waals surface area contributed by atoms with Crippen LogP contribution in [0, 0.1) is 11.8 Å². The van der Waals surface area contributed by atoms with E-state index in [-0.39, 0.29) is 5.75 Å². The molecule has 0 aliphatic heterocycles. The molecule has 1 heterocycles. The minimum Gasteiger partial charge on any atom is -0.507 e. The molecule has 19 heavy (non-hydrogen) atoms. The SMILES string of the molecule is Oc1ccccc1-c1nc(C2CC3CCC2C3)no1. The maximum atomic E-state index is 9.82. The van der Waals surface area contributed by atoms with Crippen molar-refractivity contribution in [2.24, 2.45) is 11.8 Å². The van der Waals surface area contributed by atoms with Gasteiger partial charge in [-0.05, 0) is 43.2 Å². The van der Waals surface area contributed by atoms with E-state index in [1.807, 2.05) is 6.07 Å². The first-order valence-corrected chi connectivity index (χ1v) is 6.93. The Hall–Kier alpha value is -1.84. The molecule has 4 heteroatoms. The van der Waals surface area contributed by atoms with Gasteiger partial charge in [-0.3, -0.25) is 0 Å². The second-order valence-electron chi connectivity index (χ2n) is 5.76. The molecule has 1 N–H and O–H groups in total. The van der Waals surface area contributed by atoms with Crippen LogP contribution in [0.4, 0.5) is 0 Å².